The number of likely N-dealkylation sites (N-methyl/N-ethyl adjacent to an activating group) is 1. The zero-order valence-corrected chi connectivity index (χ0v) is 18.7. The number of anilines is 1. The molecule has 3 aliphatic heterocycles. The Morgan fingerprint density at radius 1 is 1.10 bits per heavy atom. The number of guanidine groups is 1. The van der Waals surface area contributed by atoms with Gasteiger partial charge in [0.2, 0.25) is 5.91 Å². The maximum Gasteiger partial charge on any atom is 0.243 e. The molecule has 1 amide bonds. The fourth-order valence-electron chi connectivity index (χ4n) is 3.93. The van der Waals surface area contributed by atoms with E-state index < -0.39 is 0 Å². The van der Waals surface area contributed by atoms with Gasteiger partial charge in [-0.2, -0.15) is 0 Å². The van der Waals surface area contributed by atoms with Crippen molar-refractivity contribution in [2.45, 2.75) is 12.5 Å². The Morgan fingerprint density at radius 2 is 1.83 bits per heavy atom. The molecular formula is C22H37N7O. The molecule has 0 saturated carbocycles. The molecule has 1 atom stereocenters. The number of carbonyl (C=O) groups excluding carboxylic acids is 1. The summed E-state index contributed by atoms with van der Waals surface area (Å²) in [5.41, 5.74) is 1.22. The Labute approximate surface area is 180 Å². The van der Waals surface area contributed by atoms with Crippen LogP contribution in [-0.4, -0.2) is 113 Å². The molecule has 1 aromatic rings. The molecule has 2 bridgehead atoms. The first-order chi connectivity index (χ1) is 14.5. The number of para-hydroxylation sites is 1. The Bertz CT molecular complexity index is 686. The van der Waals surface area contributed by atoms with Crippen molar-refractivity contribution in [3.8, 4) is 0 Å². The summed E-state index contributed by atoms with van der Waals surface area (Å²) in [6.45, 7) is 8.54. The van der Waals surface area contributed by atoms with Crippen LogP contribution in [0.1, 0.15) is 6.42 Å². The Kier molecular flexibility index (Phi) is 8.33. The maximum atomic E-state index is 12.0. The molecule has 0 spiro atoms. The van der Waals surface area contributed by atoms with E-state index in [1.54, 1.807) is 19.0 Å². The molecule has 3 fully saturated rings. The zero-order valence-electron chi connectivity index (χ0n) is 18.7. The van der Waals surface area contributed by atoms with Crippen molar-refractivity contribution in [3.05, 3.63) is 30.3 Å². The van der Waals surface area contributed by atoms with Crippen molar-refractivity contribution >= 4 is 17.6 Å². The van der Waals surface area contributed by atoms with Crippen LogP contribution in [0.4, 0.5) is 5.69 Å². The third kappa shape index (κ3) is 6.60. The van der Waals surface area contributed by atoms with Crippen LogP contribution in [0.5, 0.6) is 0 Å². The normalized spacial score (nSPS) is 23.2. The minimum atomic E-state index is 0.00601. The van der Waals surface area contributed by atoms with Crippen molar-refractivity contribution in [3.63, 3.8) is 0 Å². The Morgan fingerprint density at radius 3 is 2.47 bits per heavy atom. The summed E-state index contributed by atoms with van der Waals surface area (Å²) in [5.74, 6) is 0.733. The second-order valence-corrected chi connectivity index (χ2v) is 8.36. The van der Waals surface area contributed by atoms with E-state index in [9.17, 15) is 4.79 Å². The van der Waals surface area contributed by atoms with Crippen LogP contribution in [0.25, 0.3) is 0 Å². The van der Waals surface area contributed by atoms with Crippen molar-refractivity contribution in [1.29, 1.82) is 0 Å². The number of aliphatic imine (C=N–C) groups is 1. The van der Waals surface area contributed by atoms with E-state index in [1.807, 2.05) is 6.07 Å². The van der Waals surface area contributed by atoms with E-state index in [0.29, 0.717) is 6.04 Å². The highest BCUT2D eigenvalue weighted by molar-refractivity contribution is 5.84. The smallest absolute Gasteiger partial charge is 0.243 e. The van der Waals surface area contributed by atoms with Crippen LogP contribution in [-0.2, 0) is 4.79 Å². The maximum absolute atomic E-state index is 12.0. The van der Waals surface area contributed by atoms with E-state index in [4.69, 9.17) is 0 Å². The Hall–Kier alpha value is -2.32. The number of rotatable bonds is 9. The lowest BCUT2D eigenvalue weighted by Crippen LogP contribution is -2.63. The topological polar surface area (TPSA) is 66.5 Å². The van der Waals surface area contributed by atoms with Gasteiger partial charge in [-0.15, -0.1) is 0 Å². The number of amides is 1. The standard InChI is InChI=1S/C22H37N7O/c1-26(2)21(30)17-25-22(24-16-20-18-28-12-14-29(20)15-13-28)23-10-7-11-27(3)19-8-5-4-6-9-19/h4-6,8-9,20H,7,10-18H2,1-3H3,(H2,23,24,25). The minimum Gasteiger partial charge on any atom is -0.375 e. The molecule has 0 aliphatic carbocycles. The van der Waals surface area contributed by atoms with E-state index in [2.05, 4.69) is 61.6 Å². The summed E-state index contributed by atoms with van der Waals surface area (Å²) < 4.78 is 0. The summed E-state index contributed by atoms with van der Waals surface area (Å²) in [6, 6.07) is 10.9. The first kappa shape index (κ1) is 22.4. The van der Waals surface area contributed by atoms with Gasteiger partial charge < -0.3 is 20.4 Å². The monoisotopic (exact) mass is 415 g/mol. The molecule has 2 N–H and O–H groups in total. The zero-order chi connectivity index (χ0) is 21.3. The molecule has 30 heavy (non-hydrogen) atoms. The number of hydrogen-bond donors (Lipinski definition) is 2. The van der Waals surface area contributed by atoms with Crippen molar-refractivity contribution in [1.82, 2.24) is 25.3 Å². The molecule has 0 radical (unpaired) electrons. The van der Waals surface area contributed by atoms with Crippen LogP contribution in [0, 0.1) is 0 Å². The average molecular weight is 416 g/mol. The van der Waals surface area contributed by atoms with Gasteiger partial charge >= 0.3 is 0 Å². The van der Waals surface area contributed by atoms with Crippen LogP contribution >= 0.6 is 0 Å². The van der Waals surface area contributed by atoms with Gasteiger partial charge in [-0.25, -0.2) is 4.99 Å². The third-order valence-electron chi connectivity index (χ3n) is 5.93. The van der Waals surface area contributed by atoms with Crippen molar-refractivity contribution in [2.24, 2.45) is 4.99 Å². The predicted molar refractivity (Wildman–Crippen MR) is 123 cm³/mol. The van der Waals surface area contributed by atoms with E-state index in [1.165, 1.54) is 18.8 Å². The third-order valence-corrected chi connectivity index (χ3v) is 5.93. The summed E-state index contributed by atoms with van der Waals surface area (Å²) in [6.07, 6.45) is 0.983. The van der Waals surface area contributed by atoms with Gasteiger partial charge in [0.15, 0.2) is 5.96 Å². The summed E-state index contributed by atoms with van der Waals surface area (Å²) in [4.78, 5) is 25.4. The SMILES string of the molecule is CN(C)C(=O)CN=C(NCCCN(C)c1ccccc1)NCC1CN2CCN1CC2. The molecule has 8 nitrogen and oxygen atoms in total. The molecule has 3 saturated heterocycles. The van der Waals surface area contributed by atoms with Crippen molar-refractivity contribution < 1.29 is 4.79 Å². The number of fused-ring (bicyclic) bond motifs is 3. The number of piperazine rings is 3. The minimum absolute atomic E-state index is 0.00601. The van der Waals surface area contributed by atoms with Gasteiger partial charge in [0.05, 0.1) is 0 Å². The molecule has 166 valence electrons. The predicted octanol–water partition coefficient (Wildman–Crippen LogP) is 0.136. The molecule has 3 aliphatic rings. The first-order valence-electron chi connectivity index (χ1n) is 11.0. The number of benzene rings is 1. The quantitative estimate of drug-likeness (QED) is 0.340. The second kappa shape index (κ2) is 11.2. The van der Waals surface area contributed by atoms with E-state index in [0.717, 1.165) is 51.6 Å². The number of carbonyl (C=O) groups is 1. The van der Waals surface area contributed by atoms with Gasteiger partial charge in [0.1, 0.15) is 6.54 Å². The second-order valence-electron chi connectivity index (χ2n) is 8.36. The number of nitrogens with one attached hydrogen (secondary N) is 2. The summed E-state index contributed by atoms with van der Waals surface area (Å²) in [5, 5.41) is 6.89. The van der Waals surface area contributed by atoms with Gasteiger partial charge in [-0.1, -0.05) is 18.2 Å². The lowest BCUT2D eigenvalue weighted by Gasteiger charge is -2.47. The number of nitrogens with zero attached hydrogens (tertiary/aromatic N) is 5. The largest absolute Gasteiger partial charge is 0.375 e. The highest BCUT2D eigenvalue weighted by atomic mass is 16.2. The Balaban J connectivity index is 1.46. The fourth-order valence-corrected chi connectivity index (χ4v) is 3.93. The van der Waals surface area contributed by atoms with Gasteiger partial charge in [-0.05, 0) is 18.6 Å². The number of hydrogen-bond acceptors (Lipinski definition) is 5. The fraction of sp³-hybridized carbons (Fsp3) is 0.636. The molecule has 3 heterocycles. The van der Waals surface area contributed by atoms with Crippen LogP contribution in [0.2, 0.25) is 0 Å². The van der Waals surface area contributed by atoms with Gasteiger partial charge in [0.25, 0.3) is 0 Å². The van der Waals surface area contributed by atoms with Gasteiger partial charge in [0, 0.05) is 85.2 Å². The highest BCUT2D eigenvalue weighted by Gasteiger charge is 2.31. The molecule has 4 rings (SSSR count). The molecule has 8 heteroatoms. The molecule has 1 unspecified atom stereocenters. The molecule has 1 aromatic carbocycles. The van der Waals surface area contributed by atoms with Crippen LogP contribution in [0.15, 0.2) is 35.3 Å². The summed E-state index contributed by atoms with van der Waals surface area (Å²) >= 11 is 0. The van der Waals surface area contributed by atoms with Gasteiger partial charge in [-0.3, -0.25) is 14.6 Å². The molecular weight excluding hydrogens is 378 g/mol. The lowest BCUT2D eigenvalue weighted by molar-refractivity contribution is -0.127. The van der Waals surface area contributed by atoms with Crippen LogP contribution < -0.4 is 15.5 Å². The van der Waals surface area contributed by atoms with Crippen LogP contribution in [0.3, 0.4) is 0 Å². The van der Waals surface area contributed by atoms with E-state index >= 15 is 0 Å². The van der Waals surface area contributed by atoms with E-state index in [-0.39, 0.29) is 12.5 Å². The average Bonchev–Trinajstić information content (AvgIpc) is 2.78. The molecule has 0 aromatic heterocycles. The summed E-state index contributed by atoms with van der Waals surface area (Å²) in [7, 11) is 5.64. The van der Waals surface area contributed by atoms with Crippen molar-refractivity contribution in [2.75, 3.05) is 84.9 Å². The first-order valence-corrected chi connectivity index (χ1v) is 11.0. The highest BCUT2D eigenvalue weighted by Crippen LogP contribution is 2.14. The lowest BCUT2D eigenvalue weighted by atomic mass is 10.1.